The molecule has 6 nitrogen and oxygen atoms in total. The molecule has 2 N–H and O–H groups in total. The van der Waals surface area contributed by atoms with Crippen LogP contribution in [0.1, 0.15) is 64.0 Å². The summed E-state index contributed by atoms with van der Waals surface area (Å²) >= 11 is 0. The van der Waals surface area contributed by atoms with Crippen LogP contribution in [-0.2, 0) is 11.3 Å². The van der Waals surface area contributed by atoms with Crippen molar-refractivity contribution >= 4 is 6.09 Å². The molecule has 0 radical (unpaired) electrons. The minimum absolute atomic E-state index is 0.247. The van der Waals surface area contributed by atoms with Crippen LogP contribution in [-0.4, -0.2) is 34.6 Å². The number of nitrogens with one attached hydrogen (secondary N) is 2. The third-order valence-corrected chi connectivity index (χ3v) is 3.64. The molecule has 0 aliphatic rings. The van der Waals surface area contributed by atoms with Gasteiger partial charge >= 0.3 is 6.09 Å². The summed E-state index contributed by atoms with van der Waals surface area (Å²) in [6, 6.07) is 0.247. The molecule has 1 aromatic rings. The van der Waals surface area contributed by atoms with Crippen LogP contribution in [0.4, 0.5) is 4.79 Å². The molecule has 1 aromatic heterocycles. The number of nitrogens with zero attached hydrogens (tertiary/aromatic N) is 2. The summed E-state index contributed by atoms with van der Waals surface area (Å²) in [5.41, 5.74) is 3.12. The van der Waals surface area contributed by atoms with Crippen LogP contribution in [0.3, 0.4) is 0 Å². The van der Waals surface area contributed by atoms with Crippen LogP contribution in [0.5, 0.6) is 0 Å². The fourth-order valence-corrected chi connectivity index (χ4v) is 2.66. The van der Waals surface area contributed by atoms with Gasteiger partial charge in [-0.05, 0) is 61.4 Å². The molecule has 0 spiro atoms. The third-order valence-electron chi connectivity index (χ3n) is 3.64. The van der Waals surface area contributed by atoms with Gasteiger partial charge in [-0.25, -0.2) is 4.79 Å². The van der Waals surface area contributed by atoms with E-state index in [1.54, 1.807) is 0 Å². The molecule has 0 saturated carbocycles. The number of rotatable bonds is 7. The maximum atomic E-state index is 11.5. The Bertz CT molecular complexity index is 517. The van der Waals surface area contributed by atoms with Crippen LogP contribution >= 0.6 is 0 Å². The van der Waals surface area contributed by atoms with Crippen molar-refractivity contribution in [3.05, 3.63) is 17.0 Å². The Kier molecular flexibility index (Phi) is 7.06. The number of hydrogen-bond acceptors (Lipinski definition) is 4. The molecule has 1 amide bonds. The number of aromatic nitrogens is 2. The lowest BCUT2D eigenvalue weighted by Crippen LogP contribution is -2.34. The summed E-state index contributed by atoms with van der Waals surface area (Å²) in [7, 11) is 0. The highest BCUT2D eigenvalue weighted by Gasteiger charge is 2.17. The topological polar surface area (TPSA) is 68.2 Å². The molecule has 1 unspecified atom stereocenters. The molecule has 0 aromatic carbocycles. The summed E-state index contributed by atoms with van der Waals surface area (Å²) in [5, 5.41) is 10.8. The summed E-state index contributed by atoms with van der Waals surface area (Å²) < 4.78 is 7.23. The second-order valence-corrected chi connectivity index (χ2v) is 6.86. The number of carbonyl (C=O) groups excluding carboxylic acids is 1. The third kappa shape index (κ3) is 6.22. The van der Waals surface area contributed by atoms with E-state index in [1.165, 1.54) is 11.3 Å². The van der Waals surface area contributed by atoms with Crippen molar-refractivity contribution in [2.24, 2.45) is 0 Å². The van der Waals surface area contributed by atoms with Gasteiger partial charge in [0.1, 0.15) is 5.60 Å². The van der Waals surface area contributed by atoms with Crippen molar-refractivity contribution in [2.75, 3.05) is 13.1 Å². The van der Waals surface area contributed by atoms with Gasteiger partial charge in [0.2, 0.25) is 0 Å². The summed E-state index contributed by atoms with van der Waals surface area (Å²) in [6.45, 7) is 16.3. The van der Waals surface area contributed by atoms with Gasteiger partial charge < -0.3 is 15.4 Å². The quantitative estimate of drug-likeness (QED) is 0.756. The molecule has 0 aliphatic heterocycles. The van der Waals surface area contributed by atoms with Gasteiger partial charge in [-0.15, -0.1) is 0 Å². The van der Waals surface area contributed by atoms with Crippen LogP contribution < -0.4 is 10.6 Å². The molecule has 0 bridgehead atoms. The van der Waals surface area contributed by atoms with E-state index in [-0.39, 0.29) is 12.1 Å². The first-order valence-corrected chi connectivity index (χ1v) is 8.39. The largest absolute Gasteiger partial charge is 0.444 e. The van der Waals surface area contributed by atoms with Gasteiger partial charge in [0, 0.05) is 30.4 Å². The molecule has 0 saturated heterocycles. The fourth-order valence-electron chi connectivity index (χ4n) is 2.66. The zero-order valence-corrected chi connectivity index (χ0v) is 15.6. The number of amides is 1. The Balaban J connectivity index is 2.34. The minimum atomic E-state index is -0.453. The van der Waals surface area contributed by atoms with E-state index in [9.17, 15) is 4.79 Å². The monoisotopic (exact) mass is 324 g/mol. The van der Waals surface area contributed by atoms with Crippen molar-refractivity contribution in [2.45, 2.75) is 73.1 Å². The van der Waals surface area contributed by atoms with Crippen molar-refractivity contribution in [3.63, 3.8) is 0 Å². The SMILES string of the molecule is CCn1nc(C)c(C(C)NCCCNC(=O)OC(C)(C)C)c1C. The maximum absolute atomic E-state index is 11.5. The highest BCUT2D eigenvalue weighted by molar-refractivity contribution is 5.67. The smallest absolute Gasteiger partial charge is 0.407 e. The number of alkyl carbamates (subject to hydrolysis) is 1. The zero-order chi connectivity index (χ0) is 17.6. The highest BCUT2D eigenvalue weighted by Crippen LogP contribution is 2.21. The second-order valence-electron chi connectivity index (χ2n) is 6.86. The molecule has 132 valence electrons. The predicted octanol–water partition coefficient (Wildman–Crippen LogP) is 3.09. The summed E-state index contributed by atoms with van der Waals surface area (Å²) in [4.78, 5) is 11.5. The lowest BCUT2D eigenvalue weighted by atomic mass is 10.1. The Labute approximate surface area is 140 Å². The molecule has 0 fully saturated rings. The molecule has 1 atom stereocenters. The summed E-state index contributed by atoms with van der Waals surface area (Å²) in [5.74, 6) is 0. The van der Waals surface area contributed by atoms with Gasteiger partial charge in [-0.1, -0.05) is 0 Å². The lowest BCUT2D eigenvalue weighted by molar-refractivity contribution is 0.0527. The molecular formula is C17H32N4O2. The molecule has 1 heterocycles. The van der Waals surface area contributed by atoms with E-state index in [0.717, 1.165) is 25.2 Å². The van der Waals surface area contributed by atoms with Gasteiger partial charge in [-0.2, -0.15) is 5.10 Å². The highest BCUT2D eigenvalue weighted by atomic mass is 16.6. The van der Waals surface area contributed by atoms with E-state index in [0.29, 0.717) is 6.54 Å². The van der Waals surface area contributed by atoms with E-state index < -0.39 is 5.60 Å². The van der Waals surface area contributed by atoms with E-state index in [1.807, 2.05) is 25.5 Å². The van der Waals surface area contributed by atoms with Gasteiger partial charge in [0.25, 0.3) is 0 Å². The van der Waals surface area contributed by atoms with Crippen molar-refractivity contribution < 1.29 is 9.53 Å². The average molecular weight is 324 g/mol. The molecule has 6 heteroatoms. The Morgan fingerprint density at radius 3 is 2.48 bits per heavy atom. The van der Waals surface area contributed by atoms with Gasteiger partial charge in [-0.3, -0.25) is 4.68 Å². The molecular weight excluding hydrogens is 292 g/mol. The number of carbonyl (C=O) groups is 1. The minimum Gasteiger partial charge on any atom is -0.444 e. The number of hydrogen-bond donors (Lipinski definition) is 2. The van der Waals surface area contributed by atoms with E-state index >= 15 is 0 Å². The zero-order valence-electron chi connectivity index (χ0n) is 15.6. The Hall–Kier alpha value is -1.56. The van der Waals surface area contributed by atoms with E-state index in [2.05, 4.69) is 43.4 Å². The van der Waals surface area contributed by atoms with Crippen molar-refractivity contribution in [3.8, 4) is 0 Å². The van der Waals surface area contributed by atoms with Crippen LogP contribution in [0.25, 0.3) is 0 Å². The second kappa shape index (κ2) is 8.34. The normalized spacial score (nSPS) is 13.0. The van der Waals surface area contributed by atoms with Crippen molar-refractivity contribution in [1.82, 2.24) is 20.4 Å². The first-order chi connectivity index (χ1) is 10.7. The average Bonchev–Trinajstić information content (AvgIpc) is 2.70. The van der Waals surface area contributed by atoms with Gasteiger partial charge in [0.05, 0.1) is 5.69 Å². The number of aryl methyl sites for hydroxylation is 2. The van der Waals surface area contributed by atoms with Gasteiger partial charge in [0.15, 0.2) is 0 Å². The number of ether oxygens (including phenoxy) is 1. The standard InChI is InChI=1S/C17H32N4O2/c1-8-21-14(4)15(13(3)20-21)12(2)18-10-9-11-19-16(22)23-17(5,6)7/h12,18H,8-11H2,1-7H3,(H,19,22). The molecule has 1 rings (SSSR count). The van der Waals surface area contributed by atoms with Crippen LogP contribution in [0.15, 0.2) is 0 Å². The summed E-state index contributed by atoms with van der Waals surface area (Å²) in [6.07, 6.45) is 0.491. The van der Waals surface area contributed by atoms with Crippen LogP contribution in [0, 0.1) is 13.8 Å². The first kappa shape index (κ1) is 19.5. The Morgan fingerprint density at radius 1 is 1.30 bits per heavy atom. The Morgan fingerprint density at radius 2 is 1.96 bits per heavy atom. The molecule has 23 heavy (non-hydrogen) atoms. The fraction of sp³-hybridized carbons (Fsp3) is 0.765. The van der Waals surface area contributed by atoms with E-state index in [4.69, 9.17) is 4.74 Å². The lowest BCUT2D eigenvalue weighted by Gasteiger charge is -2.20. The first-order valence-electron chi connectivity index (χ1n) is 8.39. The molecule has 0 aliphatic carbocycles. The van der Waals surface area contributed by atoms with Crippen molar-refractivity contribution in [1.29, 1.82) is 0 Å². The van der Waals surface area contributed by atoms with Crippen LogP contribution in [0.2, 0.25) is 0 Å². The maximum Gasteiger partial charge on any atom is 0.407 e. The predicted molar refractivity (Wildman–Crippen MR) is 92.6 cm³/mol.